The number of rotatable bonds is 13. The predicted molar refractivity (Wildman–Crippen MR) is 87.3 cm³/mol. The van der Waals surface area contributed by atoms with Crippen molar-refractivity contribution >= 4 is 0 Å². The lowest BCUT2D eigenvalue weighted by Crippen LogP contribution is -2.27. The van der Waals surface area contributed by atoms with Gasteiger partial charge in [0, 0.05) is 13.2 Å². The lowest BCUT2D eigenvalue weighted by Gasteiger charge is -2.19. The van der Waals surface area contributed by atoms with Gasteiger partial charge in [0.2, 0.25) is 0 Å². The van der Waals surface area contributed by atoms with Gasteiger partial charge in [-0.2, -0.15) is 0 Å². The summed E-state index contributed by atoms with van der Waals surface area (Å²) in [6.07, 6.45) is 5.79. The maximum atomic E-state index is 12.4. The van der Waals surface area contributed by atoms with E-state index in [0.29, 0.717) is 13.2 Å². The van der Waals surface area contributed by atoms with Gasteiger partial charge in [0.15, 0.2) is 0 Å². The van der Waals surface area contributed by atoms with E-state index in [1.165, 1.54) is 24.8 Å². The SMILES string of the molecule is CCCN(CCF)CCCCCCOCc1ccccc1. The summed E-state index contributed by atoms with van der Waals surface area (Å²) in [4.78, 5) is 2.23. The molecule has 0 aliphatic carbocycles. The van der Waals surface area contributed by atoms with E-state index in [2.05, 4.69) is 24.0 Å². The topological polar surface area (TPSA) is 12.5 Å². The monoisotopic (exact) mass is 295 g/mol. The van der Waals surface area contributed by atoms with Gasteiger partial charge in [0.1, 0.15) is 6.67 Å². The van der Waals surface area contributed by atoms with Crippen molar-refractivity contribution in [2.45, 2.75) is 45.6 Å². The Labute approximate surface area is 129 Å². The van der Waals surface area contributed by atoms with E-state index in [9.17, 15) is 4.39 Å². The van der Waals surface area contributed by atoms with Crippen LogP contribution in [-0.2, 0) is 11.3 Å². The molecule has 0 saturated heterocycles. The Morgan fingerprint density at radius 3 is 2.43 bits per heavy atom. The van der Waals surface area contributed by atoms with Crippen molar-refractivity contribution in [3.63, 3.8) is 0 Å². The summed E-state index contributed by atoms with van der Waals surface area (Å²) in [5.74, 6) is 0. The largest absolute Gasteiger partial charge is 0.377 e. The molecule has 0 bridgehead atoms. The van der Waals surface area contributed by atoms with Gasteiger partial charge in [-0.1, -0.05) is 50.1 Å². The van der Waals surface area contributed by atoms with Crippen LogP contribution < -0.4 is 0 Å². The van der Waals surface area contributed by atoms with Gasteiger partial charge in [-0.05, 0) is 37.9 Å². The van der Waals surface area contributed by atoms with Crippen LogP contribution in [-0.4, -0.2) is 37.8 Å². The number of alkyl halides is 1. The molecule has 0 aliphatic heterocycles. The number of halogens is 1. The van der Waals surface area contributed by atoms with E-state index >= 15 is 0 Å². The normalized spacial score (nSPS) is 11.2. The molecule has 2 nitrogen and oxygen atoms in total. The molecule has 0 saturated carbocycles. The Morgan fingerprint density at radius 1 is 0.952 bits per heavy atom. The summed E-state index contributed by atoms with van der Waals surface area (Å²) in [6.45, 7) is 6.10. The average Bonchev–Trinajstić information content (AvgIpc) is 2.51. The minimum Gasteiger partial charge on any atom is -0.377 e. The third-order valence-electron chi connectivity index (χ3n) is 3.57. The number of unbranched alkanes of at least 4 members (excludes halogenated alkanes) is 3. The molecule has 1 aromatic rings. The van der Waals surface area contributed by atoms with E-state index in [1.807, 2.05) is 18.2 Å². The van der Waals surface area contributed by atoms with Crippen LogP contribution in [0.15, 0.2) is 30.3 Å². The second-order valence-electron chi connectivity index (χ2n) is 5.48. The first-order chi connectivity index (χ1) is 10.4. The Morgan fingerprint density at radius 2 is 1.71 bits per heavy atom. The smallest absolute Gasteiger partial charge is 0.102 e. The molecule has 3 heteroatoms. The third kappa shape index (κ3) is 9.59. The summed E-state index contributed by atoms with van der Waals surface area (Å²) in [7, 11) is 0. The van der Waals surface area contributed by atoms with E-state index in [-0.39, 0.29) is 6.67 Å². The van der Waals surface area contributed by atoms with Gasteiger partial charge >= 0.3 is 0 Å². The van der Waals surface area contributed by atoms with Crippen LogP contribution in [0.2, 0.25) is 0 Å². The molecule has 0 amide bonds. The van der Waals surface area contributed by atoms with Crippen LogP contribution in [0.25, 0.3) is 0 Å². The molecule has 120 valence electrons. The van der Waals surface area contributed by atoms with Crippen LogP contribution in [0.4, 0.5) is 4.39 Å². The molecule has 1 aromatic carbocycles. The van der Waals surface area contributed by atoms with Crippen LogP contribution in [0, 0.1) is 0 Å². The molecule has 0 atom stereocenters. The predicted octanol–water partition coefficient (Wildman–Crippen LogP) is 4.45. The lowest BCUT2D eigenvalue weighted by atomic mass is 10.2. The molecule has 0 N–H and O–H groups in total. The molecule has 0 unspecified atom stereocenters. The highest BCUT2D eigenvalue weighted by molar-refractivity contribution is 5.13. The number of benzene rings is 1. The van der Waals surface area contributed by atoms with E-state index in [0.717, 1.165) is 32.5 Å². The molecule has 1 rings (SSSR count). The molecule has 0 heterocycles. The highest BCUT2D eigenvalue weighted by Gasteiger charge is 2.02. The van der Waals surface area contributed by atoms with E-state index in [1.54, 1.807) is 0 Å². The maximum absolute atomic E-state index is 12.4. The first kappa shape index (κ1) is 18.1. The number of nitrogens with zero attached hydrogens (tertiary/aromatic N) is 1. The van der Waals surface area contributed by atoms with E-state index in [4.69, 9.17) is 4.74 Å². The number of hydrogen-bond acceptors (Lipinski definition) is 2. The zero-order valence-electron chi connectivity index (χ0n) is 13.4. The molecular formula is C18H30FNO. The summed E-state index contributed by atoms with van der Waals surface area (Å²) in [5, 5.41) is 0. The molecule has 0 aromatic heterocycles. The van der Waals surface area contributed by atoms with Crippen molar-refractivity contribution in [1.82, 2.24) is 4.90 Å². The van der Waals surface area contributed by atoms with Crippen molar-refractivity contribution in [1.29, 1.82) is 0 Å². The van der Waals surface area contributed by atoms with Crippen LogP contribution in [0.1, 0.15) is 44.6 Å². The fourth-order valence-corrected chi connectivity index (χ4v) is 2.43. The van der Waals surface area contributed by atoms with E-state index < -0.39 is 0 Å². The van der Waals surface area contributed by atoms with Gasteiger partial charge in [-0.25, -0.2) is 4.39 Å². The van der Waals surface area contributed by atoms with Gasteiger partial charge in [-0.15, -0.1) is 0 Å². The average molecular weight is 295 g/mol. The Hall–Kier alpha value is -0.930. The van der Waals surface area contributed by atoms with Crippen molar-refractivity contribution in [3.05, 3.63) is 35.9 Å². The third-order valence-corrected chi connectivity index (χ3v) is 3.57. The Bertz CT molecular complexity index is 325. The highest BCUT2D eigenvalue weighted by Crippen LogP contribution is 2.05. The molecular weight excluding hydrogens is 265 g/mol. The summed E-state index contributed by atoms with van der Waals surface area (Å²) >= 11 is 0. The quantitative estimate of drug-likeness (QED) is 0.499. The second kappa shape index (κ2) is 12.8. The Kier molecular flexibility index (Phi) is 11.0. The first-order valence-corrected chi connectivity index (χ1v) is 8.26. The lowest BCUT2D eigenvalue weighted by molar-refractivity contribution is 0.116. The molecule has 0 fully saturated rings. The van der Waals surface area contributed by atoms with Crippen molar-refractivity contribution in [2.24, 2.45) is 0 Å². The molecule has 0 aliphatic rings. The molecule has 21 heavy (non-hydrogen) atoms. The van der Waals surface area contributed by atoms with Crippen molar-refractivity contribution in [2.75, 3.05) is 32.9 Å². The van der Waals surface area contributed by atoms with Crippen LogP contribution in [0.5, 0.6) is 0 Å². The minimum absolute atomic E-state index is 0.229. The van der Waals surface area contributed by atoms with Crippen LogP contribution >= 0.6 is 0 Å². The maximum Gasteiger partial charge on any atom is 0.102 e. The van der Waals surface area contributed by atoms with Crippen LogP contribution in [0.3, 0.4) is 0 Å². The standard InChI is InChI=1S/C18H30FNO/c1-2-13-20(15-12-19)14-8-3-4-9-16-21-17-18-10-6-5-7-11-18/h5-7,10-11H,2-4,8-9,12-17H2,1H3. The highest BCUT2D eigenvalue weighted by atomic mass is 19.1. The van der Waals surface area contributed by atoms with Gasteiger partial charge in [0.05, 0.1) is 6.61 Å². The van der Waals surface area contributed by atoms with Crippen molar-refractivity contribution < 1.29 is 9.13 Å². The van der Waals surface area contributed by atoms with Crippen molar-refractivity contribution in [3.8, 4) is 0 Å². The molecule has 0 radical (unpaired) electrons. The zero-order chi connectivity index (χ0) is 15.2. The number of hydrogen-bond donors (Lipinski definition) is 0. The number of ether oxygens (including phenoxy) is 1. The van der Waals surface area contributed by atoms with Gasteiger partial charge < -0.3 is 9.64 Å². The summed E-state index contributed by atoms with van der Waals surface area (Å²) < 4.78 is 18.0. The minimum atomic E-state index is -0.229. The zero-order valence-corrected chi connectivity index (χ0v) is 13.4. The fourth-order valence-electron chi connectivity index (χ4n) is 2.43. The summed E-state index contributed by atoms with van der Waals surface area (Å²) in [6, 6.07) is 10.3. The second-order valence-corrected chi connectivity index (χ2v) is 5.48. The fraction of sp³-hybridized carbons (Fsp3) is 0.667. The van der Waals surface area contributed by atoms with Gasteiger partial charge in [-0.3, -0.25) is 0 Å². The van der Waals surface area contributed by atoms with Gasteiger partial charge in [0.25, 0.3) is 0 Å². The molecule has 0 spiro atoms. The first-order valence-electron chi connectivity index (χ1n) is 8.26. The summed E-state index contributed by atoms with van der Waals surface area (Å²) in [5.41, 5.74) is 1.24. The Balaban J connectivity index is 1.92.